The fourth-order valence-corrected chi connectivity index (χ4v) is 5.81. The number of nitrogens with zero attached hydrogens (tertiary/aromatic N) is 2. The Labute approximate surface area is 238 Å². The Hall–Kier alpha value is -4.35. The van der Waals surface area contributed by atoms with E-state index in [0.29, 0.717) is 6.54 Å². The fourth-order valence-electron chi connectivity index (χ4n) is 5.81. The summed E-state index contributed by atoms with van der Waals surface area (Å²) < 4.78 is 66.5. The number of carbonyl (C=O) groups excluding carboxylic acids is 2. The molecular formula is C30H29F4N3O5. The van der Waals surface area contributed by atoms with E-state index < -0.39 is 53.1 Å². The van der Waals surface area contributed by atoms with Crippen molar-refractivity contribution < 1.29 is 36.6 Å². The molecule has 2 aliphatic rings. The number of halogens is 4. The van der Waals surface area contributed by atoms with E-state index in [0.717, 1.165) is 61.2 Å². The summed E-state index contributed by atoms with van der Waals surface area (Å²) in [6, 6.07) is 6.94. The summed E-state index contributed by atoms with van der Waals surface area (Å²) in [4.78, 5) is 41.8. The first-order valence-electron chi connectivity index (χ1n) is 13.6. The van der Waals surface area contributed by atoms with Gasteiger partial charge in [-0.1, -0.05) is 0 Å². The van der Waals surface area contributed by atoms with Gasteiger partial charge in [0.2, 0.25) is 5.91 Å². The molecule has 3 aromatic rings. The fraction of sp³-hybridized carbons (Fsp3) is 0.367. The lowest BCUT2D eigenvalue weighted by Gasteiger charge is -2.25. The average molecular weight is 588 g/mol. The number of anilines is 1. The van der Waals surface area contributed by atoms with Crippen molar-refractivity contribution in [2.24, 2.45) is 0 Å². The third kappa shape index (κ3) is 5.45. The number of alkyl halides is 2. The standard InChI is InChI=1S/C30H29F4N3O5/c1-3-36-23-7-5-4-6-17(23)12-24(28(36)39)37-15-20(25-21(31)13-19(41-2)14-22(25)32)26(29(37)40)35-27(38)16-8-10-18(11-9-16)42-30(33)34/h8-14,20,26,30H,3-7,15H2,1-2H3,(H,35,38)/t20-,26-/m0/s1. The molecule has 5 rings (SSSR count). The number of hydrogen-bond donors (Lipinski definition) is 1. The Morgan fingerprint density at radius 3 is 2.31 bits per heavy atom. The molecule has 0 saturated carbocycles. The van der Waals surface area contributed by atoms with Crippen LogP contribution in [0.4, 0.5) is 23.2 Å². The highest BCUT2D eigenvalue weighted by molar-refractivity contribution is 6.05. The summed E-state index contributed by atoms with van der Waals surface area (Å²) >= 11 is 0. The van der Waals surface area contributed by atoms with Gasteiger partial charge in [0.1, 0.15) is 34.9 Å². The van der Waals surface area contributed by atoms with Gasteiger partial charge >= 0.3 is 6.61 Å². The summed E-state index contributed by atoms with van der Waals surface area (Å²) in [6.07, 6.45) is 3.32. The van der Waals surface area contributed by atoms with Gasteiger partial charge in [0.05, 0.1) is 7.11 Å². The van der Waals surface area contributed by atoms with Crippen molar-refractivity contribution >= 4 is 17.5 Å². The van der Waals surface area contributed by atoms with E-state index in [4.69, 9.17) is 4.74 Å². The van der Waals surface area contributed by atoms with Crippen molar-refractivity contribution in [3.05, 3.63) is 86.8 Å². The number of aromatic nitrogens is 1. The third-order valence-corrected chi connectivity index (χ3v) is 7.79. The zero-order chi connectivity index (χ0) is 30.1. The Morgan fingerprint density at radius 2 is 1.69 bits per heavy atom. The number of hydrogen-bond acceptors (Lipinski definition) is 5. The molecule has 42 heavy (non-hydrogen) atoms. The van der Waals surface area contributed by atoms with Crippen LogP contribution in [0.3, 0.4) is 0 Å². The second-order valence-corrected chi connectivity index (χ2v) is 10.2. The maximum Gasteiger partial charge on any atom is 0.387 e. The number of amides is 2. The quantitative estimate of drug-likeness (QED) is 0.391. The molecule has 1 aliphatic carbocycles. The lowest BCUT2D eigenvalue weighted by molar-refractivity contribution is -0.118. The van der Waals surface area contributed by atoms with Crippen LogP contribution in [0, 0.1) is 11.6 Å². The van der Waals surface area contributed by atoms with Crippen LogP contribution in [0.1, 0.15) is 52.9 Å². The van der Waals surface area contributed by atoms with Gasteiger partial charge in [0.25, 0.3) is 11.5 Å². The number of aryl methyl sites for hydroxylation is 1. The maximum absolute atomic E-state index is 15.3. The summed E-state index contributed by atoms with van der Waals surface area (Å²) in [5.41, 5.74) is 1.08. The first kappa shape index (κ1) is 29.2. The zero-order valence-electron chi connectivity index (χ0n) is 23.0. The Kier molecular flexibility index (Phi) is 8.24. The zero-order valence-corrected chi connectivity index (χ0v) is 23.0. The Morgan fingerprint density at radius 1 is 1.02 bits per heavy atom. The minimum atomic E-state index is -3.05. The molecule has 0 spiro atoms. The smallest absolute Gasteiger partial charge is 0.387 e. The lowest BCUT2D eigenvalue weighted by atomic mass is 9.92. The van der Waals surface area contributed by atoms with Gasteiger partial charge < -0.3 is 24.3 Å². The van der Waals surface area contributed by atoms with Crippen LogP contribution < -0.4 is 25.2 Å². The van der Waals surface area contributed by atoms with Gasteiger partial charge in [0.15, 0.2) is 0 Å². The molecule has 8 nitrogen and oxygen atoms in total. The molecule has 2 heterocycles. The van der Waals surface area contributed by atoms with Crippen LogP contribution >= 0.6 is 0 Å². The molecule has 1 aromatic heterocycles. The average Bonchev–Trinajstić information content (AvgIpc) is 3.27. The van der Waals surface area contributed by atoms with E-state index in [2.05, 4.69) is 10.1 Å². The van der Waals surface area contributed by atoms with Crippen LogP contribution in [0.2, 0.25) is 0 Å². The van der Waals surface area contributed by atoms with E-state index in [1.807, 2.05) is 6.92 Å². The van der Waals surface area contributed by atoms with Gasteiger partial charge in [-0.05, 0) is 68.5 Å². The number of pyridine rings is 1. The molecule has 2 amide bonds. The second-order valence-electron chi connectivity index (χ2n) is 10.2. The second kappa shape index (κ2) is 11.9. The lowest BCUT2D eigenvalue weighted by Crippen LogP contribution is -2.45. The minimum Gasteiger partial charge on any atom is -0.497 e. The van der Waals surface area contributed by atoms with E-state index >= 15 is 8.78 Å². The molecule has 1 fully saturated rings. The van der Waals surface area contributed by atoms with Crippen molar-refractivity contribution in [1.29, 1.82) is 0 Å². The molecule has 2 atom stereocenters. The molecule has 1 saturated heterocycles. The molecule has 0 unspecified atom stereocenters. The molecule has 1 N–H and O–H groups in total. The number of carbonyl (C=O) groups is 2. The third-order valence-electron chi connectivity index (χ3n) is 7.79. The number of ether oxygens (including phenoxy) is 2. The highest BCUT2D eigenvalue weighted by Gasteiger charge is 2.46. The van der Waals surface area contributed by atoms with E-state index in [1.165, 1.54) is 24.1 Å². The molecule has 1 aliphatic heterocycles. The molecule has 12 heteroatoms. The number of fused-ring (bicyclic) bond motifs is 1. The van der Waals surface area contributed by atoms with Crippen molar-refractivity contribution in [3.8, 4) is 11.5 Å². The van der Waals surface area contributed by atoms with Crippen LogP contribution in [-0.2, 0) is 24.2 Å². The highest BCUT2D eigenvalue weighted by atomic mass is 19.3. The number of rotatable bonds is 8. The maximum atomic E-state index is 15.3. The van der Waals surface area contributed by atoms with Crippen molar-refractivity contribution in [1.82, 2.24) is 9.88 Å². The predicted molar refractivity (Wildman–Crippen MR) is 145 cm³/mol. The number of benzene rings is 2. The summed E-state index contributed by atoms with van der Waals surface area (Å²) in [6.45, 7) is -1.11. The van der Waals surface area contributed by atoms with Gasteiger partial charge in [0, 0.05) is 48.0 Å². The largest absolute Gasteiger partial charge is 0.497 e. The van der Waals surface area contributed by atoms with Crippen molar-refractivity contribution in [3.63, 3.8) is 0 Å². The van der Waals surface area contributed by atoms with Gasteiger partial charge in [-0.2, -0.15) is 8.78 Å². The van der Waals surface area contributed by atoms with E-state index in [-0.39, 0.29) is 29.3 Å². The minimum absolute atomic E-state index is 0.000546. The van der Waals surface area contributed by atoms with Crippen LogP contribution in [0.25, 0.3) is 0 Å². The highest BCUT2D eigenvalue weighted by Crippen LogP contribution is 2.37. The molecule has 0 radical (unpaired) electrons. The van der Waals surface area contributed by atoms with Gasteiger partial charge in [-0.3, -0.25) is 14.4 Å². The Balaban J connectivity index is 1.55. The van der Waals surface area contributed by atoms with E-state index in [1.54, 1.807) is 10.6 Å². The van der Waals surface area contributed by atoms with Crippen molar-refractivity contribution in [2.45, 2.75) is 57.7 Å². The normalized spacial score (nSPS) is 18.3. The molecule has 2 aromatic carbocycles. The van der Waals surface area contributed by atoms with Crippen LogP contribution in [0.5, 0.6) is 11.5 Å². The number of methoxy groups -OCH3 is 1. The van der Waals surface area contributed by atoms with Gasteiger partial charge in [-0.25, -0.2) is 8.78 Å². The van der Waals surface area contributed by atoms with Crippen LogP contribution in [0.15, 0.2) is 47.3 Å². The molecular weight excluding hydrogens is 558 g/mol. The monoisotopic (exact) mass is 587 g/mol. The first-order chi connectivity index (χ1) is 20.1. The van der Waals surface area contributed by atoms with E-state index in [9.17, 15) is 23.2 Å². The van der Waals surface area contributed by atoms with Crippen molar-refractivity contribution in [2.75, 3.05) is 18.6 Å². The first-order valence-corrected chi connectivity index (χ1v) is 13.6. The Bertz CT molecular complexity index is 1550. The predicted octanol–water partition coefficient (Wildman–Crippen LogP) is 4.56. The van der Waals surface area contributed by atoms with Crippen LogP contribution in [-0.4, -0.2) is 42.7 Å². The summed E-state index contributed by atoms with van der Waals surface area (Å²) in [5, 5.41) is 2.55. The van der Waals surface area contributed by atoms with Gasteiger partial charge in [-0.15, -0.1) is 0 Å². The molecule has 0 bridgehead atoms. The molecule has 222 valence electrons. The summed E-state index contributed by atoms with van der Waals surface area (Å²) in [7, 11) is 1.25. The SMILES string of the molecule is CCn1c2c(cc(N3C[C@@H](c4c(F)cc(OC)cc4F)[C@H](NC(=O)c4ccc(OC(F)F)cc4)C3=O)c1=O)CCCC2. The number of nitrogens with one attached hydrogen (secondary N) is 1. The summed E-state index contributed by atoms with van der Waals surface area (Å²) in [5.74, 6) is -4.90. The topological polar surface area (TPSA) is 89.9 Å².